The topological polar surface area (TPSA) is 51.1 Å². The largest absolute Gasteiger partial charge is 0.494 e. The van der Waals surface area contributed by atoms with Gasteiger partial charge in [0, 0.05) is 12.5 Å². The molecule has 2 aliphatic heterocycles. The first-order valence-electron chi connectivity index (χ1n) is 8.42. The van der Waals surface area contributed by atoms with Crippen LogP contribution >= 0.6 is 0 Å². The molecule has 1 fully saturated rings. The smallest absolute Gasteiger partial charge is 0.253 e. The van der Waals surface area contributed by atoms with Gasteiger partial charge in [0.1, 0.15) is 12.4 Å². The van der Waals surface area contributed by atoms with Gasteiger partial charge in [-0.05, 0) is 50.6 Å². The van der Waals surface area contributed by atoms with Gasteiger partial charge in [0.05, 0.1) is 13.2 Å². The van der Waals surface area contributed by atoms with Crippen LogP contribution in [0.2, 0.25) is 0 Å². The highest BCUT2D eigenvalue weighted by atomic mass is 16.5. The molecule has 0 unspecified atom stereocenters. The maximum atomic E-state index is 12.3. The molecule has 3 rings (SSSR count). The zero-order chi connectivity index (χ0) is 16.1. The first-order chi connectivity index (χ1) is 11.3. The van der Waals surface area contributed by atoms with Crippen LogP contribution < -0.4 is 4.74 Å². The third-order valence-electron chi connectivity index (χ3n) is 4.40. The molecule has 5 heteroatoms. The summed E-state index contributed by atoms with van der Waals surface area (Å²) < 4.78 is 10.8. The molecule has 1 aromatic carbocycles. The number of rotatable bonds is 6. The fourth-order valence-electron chi connectivity index (χ4n) is 3.13. The van der Waals surface area contributed by atoms with Crippen molar-refractivity contribution in [2.75, 3.05) is 32.8 Å². The SMILES string of the molecule is CCOc1ccc(CN2CCC(C(=O)C3=NCCO3)CC2)cc1. The maximum absolute atomic E-state index is 12.3. The monoisotopic (exact) mass is 316 g/mol. The van der Waals surface area contributed by atoms with E-state index in [2.05, 4.69) is 22.0 Å². The molecule has 2 aliphatic rings. The molecule has 0 amide bonds. The van der Waals surface area contributed by atoms with Crippen molar-refractivity contribution in [1.82, 2.24) is 4.90 Å². The predicted molar refractivity (Wildman–Crippen MR) is 88.9 cm³/mol. The van der Waals surface area contributed by atoms with Gasteiger partial charge >= 0.3 is 0 Å². The molecule has 124 valence electrons. The highest BCUT2D eigenvalue weighted by molar-refractivity contribution is 6.37. The Bertz CT molecular complexity index is 560. The molecule has 2 heterocycles. The molecule has 5 nitrogen and oxygen atoms in total. The van der Waals surface area contributed by atoms with Crippen LogP contribution in [0, 0.1) is 5.92 Å². The standard InChI is InChI=1S/C18H24N2O3/c1-2-22-16-5-3-14(4-6-16)13-20-10-7-15(8-11-20)17(21)18-19-9-12-23-18/h3-6,15H,2,7-13H2,1H3. The summed E-state index contributed by atoms with van der Waals surface area (Å²) in [5, 5.41) is 0. The highest BCUT2D eigenvalue weighted by Crippen LogP contribution is 2.22. The quantitative estimate of drug-likeness (QED) is 0.808. The summed E-state index contributed by atoms with van der Waals surface area (Å²) in [4.78, 5) is 18.8. The number of carbonyl (C=O) groups excluding carboxylic acids is 1. The average Bonchev–Trinajstić information content (AvgIpc) is 3.11. The van der Waals surface area contributed by atoms with Crippen LogP contribution in [-0.2, 0) is 16.1 Å². The maximum Gasteiger partial charge on any atom is 0.253 e. The van der Waals surface area contributed by atoms with Gasteiger partial charge in [-0.25, -0.2) is 4.99 Å². The number of Topliss-reactive ketones (excluding diaryl/α,β-unsaturated/α-hetero) is 1. The van der Waals surface area contributed by atoms with Crippen LogP contribution in [0.5, 0.6) is 5.75 Å². The summed E-state index contributed by atoms with van der Waals surface area (Å²) in [6.45, 7) is 6.66. The fourth-order valence-corrected chi connectivity index (χ4v) is 3.13. The third kappa shape index (κ3) is 4.10. The first kappa shape index (κ1) is 16.0. The van der Waals surface area contributed by atoms with Gasteiger partial charge in [-0.15, -0.1) is 0 Å². The van der Waals surface area contributed by atoms with Crippen molar-refractivity contribution < 1.29 is 14.3 Å². The summed E-state index contributed by atoms with van der Waals surface area (Å²) in [6.07, 6.45) is 1.77. The van der Waals surface area contributed by atoms with E-state index in [1.807, 2.05) is 19.1 Å². The Kier molecular flexibility index (Phi) is 5.28. The summed E-state index contributed by atoms with van der Waals surface area (Å²) in [6, 6.07) is 8.27. The second-order valence-electron chi connectivity index (χ2n) is 6.03. The normalized spacial score (nSPS) is 19.3. The predicted octanol–water partition coefficient (Wildman–Crippen LogP) is 2.30. The Labute approximate surface area is 137 Å². The van der Waals surface area contributed by atoms with Crippen LogP contribution in [0.3, 0.4) is 0 Å². The van der Waals surface area contributed by atoms with E-state index in [1.54, 1.807) is 0 Å². The Hall–Kier alpha value is -1.88. The highest BCUT2D eigenvalue weighted by Gasteiger charge is 2.30. The molecule has 0 aliphatic carbocycles. The van der Waals surface area contributed by atoms with Crippen molar-refractivity contribution in [2.45, 2.75) is 26.3 Å². The second-order valence-corrected chi connectivity index (χ2v) is 6.03. The lowest BCUT2D eigenvalue weighted by Gasteiger charge is -2.31. The number of carbonyl (C=O) groups is 1. The van der Waals surface area contributed by atoms with Crippen molar-refractivity contribution in [3.63, 3.8) is 0 Å². The van der Waals surface area contributed by atoms with Crippen LogP contribution in [0.15, 0.2) is 29.3 Å². The summed E-state index contributed by atoms with van der Waals surface area (Å²) in [5.74, 6) is 1.44. The zero-order valence-electron chi connectivity index (χ0n) is 13.7. The van der Waals surface area contributed by atoms with Crippen molar-refractivity contribution in [3.05, 3.63) is 29.8 Å². The molecule has 0 radical (unpaired) electrons. The number of piperidine rings is 1. The van der Waals surface area contributed by atoms with E-state index in [9.17, 15) is 4.79 Å². The van der Waals surface area contributed by atoms with Crippen molar-refractivity contribution in [1.29, 1.82) is 0 Å². The molecular formula is C18H24N2O3. The number of ether oxygens (including phenoxy) is 2. The molecule has 0 saturated carbocycles. The van der Waals surface area contributed by atoms with Crippen LogP contribution in [0.1, 0.15) is 25.3 Å². The number of hydrogen-bond donors (Lipinski definition) is 0. The lowest BCUT2D eigenvalue weighted by molar-refractivity contribution is -0.119. The molecule has 0 aromatic heterocycles. The molecule has 1 saturated heterocycles. The van der Waals surface area contributed by atoms with Gasteiger partial charge < -0.3 is 9.47 Å². The number of likely N-dealkylation sites (tertiary alicyclic amines) is 1. The molecule has 0 atom stereocenters. The minimum Gasteiger partial charge on any atom is -0.494 e. The van der Waals surface area contributed by atoms with Crippen LogP contribution in [0.25, 0.3) is 0 Å². The van der Waals surface area contributed by atoms with Crippen molar-refractivity contribution in [2.24, 2.45) is 10.9 Å². The van der Waals surface area contributed by atoms with Crippen LogP contribution in [0.4, 0.5) is 0 Å². The number of nitrogens with zero attached hydrogens (tertiary/aromatic N) is 2. The van der Waals surface area contributed by atoms with Crippen LogP contribution in [-0.4, -0.2) is 49.4 Å². The third-order valence-corrected chi connectivity index (χ3v) is 4.40. The van der Waals surface area contributed by atoms with Gasteiger partial charge in [-0.2, -0.15) is 0 Å². The molecule has 0 bridgehead atoms. The van der Waals surface area contributed by atoms with E-state index in [0.717, 1.165) is 38.2 Å². The van der Waals surface area contributed by atoms with Gasteiger partial charge in [0.25, 0.3) is 5.90 Å². The Morgan fingerprint density at radius 2 is 2.04 bits per heavy atom. The summed E-state index contributed by atoms with van der Waals surface area (Å²) >= 11 is 0. The number of benzene rings is 1. The Morgan fingerprint density at radius 1 is 1.30 bits per heavy atom. The molecular weight excluding hydrogens is 292 g/mol. The minimum atomic E-state index is 0.0726. The molecule has 0 spiro atoms. The molecule has 1 aromatic rings. The zero-order valence-corrected chi connectivity index (χ0v) is 13.7. The number of aliphatic imine (C=N–C) groups is 1. The van der Waals surface area contributed by atoms with Gasteiger partial charge in [-0.3, -0.25) is 9.69 Å². The molecule has 23 heavy (non-hydrogen) atoms. The fraction of sp³-hybridized carbons (Fsp3) is 0.556. The minimum absolute atomic E-state index is 0.0726. The number of hydrogen-bond acceptors (Lipinski definition) is 5. The summed E-state index contributed by atoms with van der Waals surface area (Å²) in [7, 11) is 0. The number of ketones is 1. The van der Waals surface area contributed by atoms with E-state index in [0.29, 0.717) is 25.7 Å². The van der Waals surface area contributed by atoms with Crippen molar-refractivity contribution in [3.8, 4) is 5.75 Å². The van der Waals surface area contributed by atoms with E-state index in [-0.39, 0.29) is 11.7 Å². The lowest BCUT2D eigenvalue weighted by atomic mass is 9.92. The van der Waals surface area contributed by atoms with Gasteiger partial charge in [-0.1, -0.05) is 12.1 Å². The molecule has 0 N–H and O–H groups in total. The van der Waals surface area contributed by atoms with Crippen molar-refractivity contribution >= 4 is 11.7 Å². The summed E-state index contributed by atoms with van der Waals surface area (Å²) in [5.41, 5.74) is 1.28. The average molecular weight is 316 g/mol. The first-order valence-corrected chi connectivity index (χ1v) is 8.42. The van der Waals surface area contributed by atoms with E-state index in [1.165, 1.54) is 5.56 Å². The van der Waals surface area contributed by atoms with E-state index >= 15 is 0 Å². The Morgan fingerprint density at radius 3 is 2.65 bits per heavy atom. The Balaban J connectivity index is 1.48. The second kappa shape index (κ2) is 7.59. The van der Waals surface area contributed by atoms with E-state index < -0.39 is 0 Å². The van der Waals surface area contributed by atoms with E-state index in [4.69, 9.17) is 9.47 Å². The van der Waals surface area contributed by atoms with Gasteiger partial charge in [0.15, 0.2) is 0 Å². The lowest BCUT2D eigenvalue weighted by Crippen LogP contribution is -2.38. The van der Waals surface area contributed by atoms with Gasteiger partial charge in [0.2, 0.25) is 5.78 Å².